The van der Waals surface area contributed by atoms with Crippen molar-refractivity contribution in [2.24, 2.45) is 0 Å². The minimum atomic E-state index is 0. The number of thiophene rings is 1. The first-order chi connectivity index (χ1) is 8.22. The normalized spacial score (nSPS) is 20.5. The zero-order valence-electron chi connectivity index (χ0n) is 10.7. The standard InChI is InChI=1S/C12H19BrN2OS.ClH/c1-14-9-4-3-5-15(7-9)8-10-6-11(13)12(16-2)17-10;/h6,9,14H,3-5,7-8H2,1-2H3;1H. The largest absolute Gasteiger partial charge is 0.486 e. The third kappa shape index (κ3) is 4.10. The van der Waals surface area contributed by atoms with E-state index in [0.29, 0.717) is 6.04 Å². The van der Waals surface area contributed by atoms with Crippen LogP contribution in [0.2, 0.25) is 0 Å². The molecule has 0 amide bonds. The van der Waals surface area contributed by atoms with E-state index in [4.69, 9.17) is 4.74 Å². The number of nitrogens with zero attached hydrogens (tertiary/aromatic N) is 1. The second kappa shape index (κ2) is 7.70. The van der Waals surface area contributed by atoms with Crippen molar-refractivity contribution in [1.29, 1.82) is 0 Å². The molecule has 1 fully saturated rings. The third-order valence-corrected chi connectivity index (χ3v) is 5.12. The SMILES string of the molecule is CNC1CCCN(Cc2cc(Br)c(OC)s2)C1.Cl. The molecule has 2 heterocycles. The highest BCUT2D eigenvalue weighted by Gasteiger charge is 2.19. The molecule has 0 aliphatic carbocycles. The summed E-state index contributed by atoms with van der Waals surface area (Å²) in [5.74, 6) is 0. The number of likely N-dealkylation sites (N-methyl/N-ethyl adjacent to an activating group) is 1. The highest BCUT2D eigenvalue weighted by atomic mass is 79.9. The highest BCUT2D eigenvalue weighted by molar-refractivity contribution is 9.10. The van der Waals surface area contributed by atoms with Crippen LogP contribution in [0.3, 0.4) is 0 Å². The molecule has 1 saturated heterocycles. The molecule has 104 valence electrons. The number of likely N-dealkylation sites (tertiary alicyclic amines) is 1. The van der Waals surface area contributed by atoms with Crippen molar-refractivity contribution in [3.63, 3.8) is 0 Å². The van der Waals surface area contributed by atoms with Crippen molar-refractivity contribution in [3.8, 4) is 5.06 Å². The highest BCUT2D eigenvalue weighted by Crippen LogP contribution is 2.35. The lowest BCUT2D eigenvalue weighted by Crippen LogP contribution is -2.43. The third-order valence-electron chi connectivity index (χ3n) is 3.19. The Morgan fingerprint density at radius 2 is 2.39 bits per heavy atom. The maximum absolute atomic E-state index is 5.30. The molecule has 6 heteroatoms. The van der Waals surface area contributed by atoms with Gasteiger partial charge in [0.05, 0.1) is 11.6 Å². The summed E-state index contributed by atoms with van der Waals surface area (Å²) < 4.78 is 6.37. The van der Waals surface area contributed by atoms with Gasteiger partial charge in [-0.15, -0.1) is 23.7 Å². The molecule has 3 nitrogen and oxygen atoms in total. The Morgan fingerprint density at radius 3 is 3.00 bits per heavy atom. The van der Waals surface area contributed by atoms with Crippen LogP contribution in [-0.4, -0.2) is 38.2 Å². The summed E-state index contributed by atoms with van der Waals surface area (Å²) in [5.41, 5.74) is 0. The second-order valence-electron chi connectivity index (χ2n) is 4.42. The molecule has 0 aromatic carbocycles. The van der Waals surface area contributed by atoms with E-state index in [2.05, 4.69) is 39.3 Å². The molecule has 1 aliphatic heterocycles. The quantitative estimate of drug-likeness (QED) is 0.898. The van der Waals surface area contributed by atoms with Crippen molar-refractivity contribution < 1.29 is 4.74 Å². The summed E-state index contributed by atoms with van der Waals surface area (Å²) >= 11 is 5.25. The zero-order valence-corrected chi connectivity index (χ0v) is 14.0. The maximum atomic E-state index is 5.30. The van der Waals surface area contributed by atoms with Gasteiger partial charge in [0.1, 0.15) is 0 Å². The number of piperidine rings is 1. The Hall–Kier alpha value is 0.190. The Morgan fingerprint density at radius 1 is 1.61 bits per heavy atom. The molecule has 0 radical (unpaired) electrons. The fourth-order valence-corrected chi connectivity index (χ4v) is 4.00. The van der Waals surface area contributed by atoms with Gasteiger partial charge >= 0.3 is 0 Å². The number of methoxy groups -OCH3 is 1. The predicted molar refractivity (Wildman–Crippen MR) is 83.2 cm³/mol. The van der Waals surface area contributed by atoms with E-state index < -0.39 is 0 Å². The van der Waals surface area contributed by atoms with Crippen LogP contribution in [-0.2, 0) is 6.54 Å². The predicted octanol–water partition coefficient (Wildman–Crippen LogP) is 3.12. The van der Waals surface area contributed by atoms with E-state index in [1.165, 1.54) is 24.3 Å². The minimum absolute atomic E-state index is 0. The van der Waals surface area contributed by atoms with E-state index >= 15 is 0 Å². The molecule has 2 rings (SSSR count). The fraction of sp³-hybridized carbons (Fsp3) is 0.667. The second-order valence-corrected chi connectivity index (χ2v) is 6.37. The summed E-state index contributed by atoms with van der Waals surface area (Å²) in [6, 6.07) is 2.82. The summed E-state index contributed by atoms with van der Waals surface area (Å²) in [4.78, 5) is 3.88. The molecule has 1 N–H and O–H groups in total. The van der Waals surface area contributed by atoms with Crippen LogP contribution in [0.4, 0.5) is 0 Å². The average molecular weight is 356 g/mol. The van der Waals surface area contributed by atoms with E-state index in [0.717, 1.165) is 22.6 Å². The monoisotopic (exact) mass is 354 g/mol. The molecule has 1 aliphatic rings. The molecule has 0 saturated carbocycles. The first kappa shape index (κ1) is 16.2. The average Bonchev–Trinajstić information content (AvgIpc) is 2.69. The molecule has 0 spiro atoms. The summed E-state index contributed by atoms with van der Waals surface area (Å²) in [6.45, 7) is 3.38. The van der Waals surface area contributed by atoms with Gasteiger partial charge in [-0.2, -0.15) is 0 Å². The van der Waals surface area contributed by atoms with Crippen molar-refractivity contribution in [1.82, 2.24) is 10.2 Å². The van der Waals surface area contributed by atoms with Crippen LogP contribution in [0, 0.1) is 0 Å². The molecule has 1 atom stereocenters. The number of nitrogens with one attached hydrogen (secondary N) is 1. The Bertz CT molecular complexity index is 375. The van der Waals surface area contributed by atoms with Crippen LogP contribution >= 0.6 is 39.7 Å². The van der Waals surface area contributed by atoms with Crippen molar-refractivity contribution in [2.45, 2.75) is 25.4 Å². The van der Waals surface area contributed by atoms with Crippen molar-refractivity contribution in [2.75, 3.05) is 27.2 Å². The first-order valence-corrected chi connectivity index (χ1v) is 7.55. The molecule has 1 aromatic heterocycles. The lowest BCUT2D eigenvalue weighted by Gasteiger charge is -2.32. The van der Waals surface area contributed by atoms with E-state index in [-0.39, 0.29) is 12.4 Å². The number of hydrogen-bond acceptors (Lipinski definition) is 4. The van der Waals surface area contributed by atoms with Gasteiger partial charge < -0.3 is 10.1 Å². The molecular weight excluding hydrogens is 336 g/mol. The van der Waals surface area contributed by atoms with Gasteiger partial charge in [-0.25, -0.2) is 0 Å². The van der Waals surface area contributed by atoms with Gasteiger partial charge in [0.25, 0.3) is 0 Å². The summed E-state index contributed by atoms with van der Waals surface area (Å²) in [5, 5.41) is 4.35. The molecular formula is C12H20BrClN2OS. The Kier molecular flexibility index (Phi) is 6.95. The first-order valence-electron chi connectivity index (χ1n) is 5.94. The van der Waals surface area contributed by atoms with Gasteiger partial charge in [-0.05, 0) is 48.4 Å². The fourth-order valence-electron chi connectivity index (χ4n) is 2.27. The van der Waals surface area contributed by atoms with Gasteiger partial charge in [0.15, 0.2) is 5.06 Å². The molecule has 18 heavy (non-hydrogen) atoms. The van der Waals surface area contributed by atoms with Crippen molar-refractivity contribution >= 4 is 39.7 Å². The lowest BCUT2D eigenvalue weighted by atomic mass is 10.1. The zero-order chi connectivity index (χ0) is 12.3. The van der Waals surface area contributed by atoms with Crippen LogP contribution in [0.15, 0.2) is 10.5 Å². The molecule has 1 unspecified atom stereocenters. The van der Waals surface area contributed by atoms with Crippen LogP contribution in [0.25, 0.3) is 0 Å². The van der Waals surface area contributed by atoms with E-state index in [9.17, 15) is 0 Å². The van der Waals surface area contributed by atoms with Gasteiger partial charge in [0.2, 0.25) is 0 Å². The van der Waals surface area contributed by atoms with Crippen molar-refractivity contribution in [3.05, 3.63) is 15.4 Å². The number of rotatable bonds is 4. The van der Waals surface area contributed by atoms with Crippen LogP contribution < -0.4 is 10.1 Å². The lowest BCUT2D eigenvalue weighted by molar-refractivity contribution is 0.189. The topological polar surface area (TPSA) is 24.5 Å². The maximum Gasteiger partial charge on any atom is 0.188 e. The van der Waals surface area contributed by atoms with E-state index in [1.54, 1.807) is 18.4 Å². The molecule has 0 bridgehead atoms. The number of hydrogen-bond donors (Lipinski definition) is 1. The smallest absolute Gasteiger partial charge is 0.188 e. The Labute approximate surface area is 127 Å². The summed E-state index contributed by atoms with van der Waals surface area (Å²) in [6.07, 6.45) is 2.58. The summed E-state index contributed by atoms with van der Waals surface area (Å²) in [7, 11) is 3.78. The Balaban J connectivity index is 0.00000162. The van der Waals surface area contributed by atoms with Crippen LogP contribution in [0.5, 0.6) is 5.06 Å². The van der Waals surface area contributed by atoms with Gasteiger partial charge in [0, 0.05) is 24.0 Å². The van der Waals surface area contributed by atoms with Gasteiger partial charge in [-0.1, -0.05) is 0 Å². The molecule has 1 aromatic rings. The number of halogens is 2. The van der Waals surface area contributed by atoms with Crippen LogP contribution in [0.1, 0.15) is 17.7 Å². The van der Waals surface area contributed by atoms with Gasteiger partial charge in [-0.3, -0.25) is 4.90 Å². The number of ether oxygens (including phenoxy) is 1. The van der Waals surface area contributed by atoms with E-state index in [1.807, 2.05) is 0 Å². The minimum Gasteiger partial charge on any atom is -0.486 e.